The van der Waals surface area contributed by atoms with Crippen LogP contribution in [-0.4, -0.2) is 8.07 Å². The van der Waals surface area contributed by atoms with Crippen LogP contribution in [0.5, 0.6) is 0 Å². The predicted octanol–water partition coefficient (Wildman–Crippen LogP) is 7.26. The number of hydrogen-bond donors (Lipinski definition) is 0. The van der Waals surface area contributed by atoms with Gasteiger partial charge < -0.3 is 0 Å². The molecule has 2 unspecified atom stereocenters. The monoisotopic (exact) mass is 534 g/mol. The summed E-state index contributed by atoms with van der Waals surface area (Å²) < 4.78 is 9.01. The number of hydrogen-bond acceptors (Lipinski definition) is 0. The standard InChI is InChI=1S/C30H26Si.2CH3.Zr/c1-19-13-15-25-23-11-7-5-9-21(23)17-27(25)29(19)31(3,4)30-20(2)14-16-26-24-12-8-6-10-22(24)18-28(26)30;;;/h5-16,23-24H,1-4H3;2*1H3;. The van der Waals surface area contributed by atoms with Crippen LogP contribution in [0.25, 0.3) is 6.56 Å². The van der Waals surface area contributed by atoms with Crippen LogP contribution in [0.1, 0.15) is 45.2 Å². The van der Waals surface area contributed by atoms with Gasteiger partial charge in [-0.25, -0.2) is 0 Å². The topological polar surface area (TPSA) is 0 Å². The maximum absolute atomic E-state index is 3.05. The van der Waals surface area contributed by atoms with Crippen molar-refractivity contribution in [2.45, 2.75) is 48.0 Å². The van der Waals surface area contributed by atoms with Crippen molar-refractivity contribution in [2.75, 3.05) is 0 Å². The van der Waals surface area contributed by atoms with Crippen LogP contribution >= 0.6 is 0 Å². The molecule has 5 aliphatic rings. The van der Waals surface area contributed by atoms with Gasteiger partial charge in [0.15, 0.2) is 0 Å². The van der Waals surface area contributed by atoms with E-state index >= 15 is 0 Å². The van der Waals surface area contributed by atoms with Crippen LogP contribution in [0.4, 0.5) is 0 Å². The Morgan fingerprint density at radius 1 is 0.647 bits per heavy atom. The Morgan fingerprint density at radius 3 is 1.53 bits per heavy atom. The zero-order valence-electron chi connectivity index (χ0n) is 21.1. The second-order valence-corrected chi connectivity index (χ2v) is 26.5. The Bertz CT molecular complexity index is 1400. The fourth-order valence-electron chi connectivity index (χ4n) is 8.10. The van der Waals surface area contributed by atoms with Crippen molar-refractivity contribution in [1.82, 2.24) is 0 Å². The van der Waals surface area contributed by atoms with E-state index in [4.69, 9.17) is 0 Å². The van der Waals surface area contributed by atoms with Gasteiger partial charge in [0.1, 0.15) is 0 Å². The molecule has 168 valence electrons. The zero-order valence-corrected chi connectivity index (χ0v) is 24.5. The molecule has 2 aromatic carbocycles. The van der Waals surface area contributed by atoms with Crippen molar-refractivity contribution in [3.63, 3.8) is 0 Å². The number of allylic oxidation sites excluding steroid dienone is 10. The molecule has 0 radical (unpaired) electrons. The molecule has 2 atom stereocenters. The van der Waals surface area contributed by atoms with Gasteiger partial charge in [-0.3, -0.25) is 0 Å². The van der Waals surface area contributed by atoms with Crippen molar-refractivity contribution < 1.29 is 20.3 Å². The van der Waals surface area contributed by atoms with Gasteiger partial charge in [0.2, 0.25) is 0 Å². The van der Waals surface area contributed by atoms with Crippen molar-refractivity contribution in [2.24, 2.45) is 0 Å². The summed E-state index contributed by atoms with van der Waals surface area (Å²) in [7, 11) is -1.99. The Balaban J connectivity index is 1.74. The molecule has 0 bridgehead atoms. The third-order valence-corrected chi connectivity index (χ3v) is 21.8. The molecule has 1 aliphatic heterocycles. The van der Waals surface area contributed by atoms with Gasteiger partial charge in [-0.2, -0.15) is 0 Å². The number of rotatable bonds is 0. The summed E-state index contributed by atoms with van der Waals surface area (Å²) in [6, 6.07) is 9.80. The third kappa shape index (κ3) is 2.42. The molecule has 0 N–H and O–H groups in total. The van der Waals surface area contributed by atoms with E-state index in [9.17, 15) is 0 Å². The maximum atomic E-state index is 2.72. The molecule has 0 saturated carbocycles. The first-order valence-electron chi connectivity index (χ1n) is 12.7. The molecule has 2 aromatic rings. The summed E-state index contributed by atoms with van der Waals surface area (Å²) in [6.07, 6.45) is 18.9. The minimum absolute atomic E-state index is 0.432. The first-order chi connectivity index (χ1) is 16.2. The zero-order chi connectivity index (χ0) is 23.6. The van der Waals surface area contributed by atoms with E-state index in [2.05, 4.69) is 109 Å². The van der Waals surface area contributed by atoms with E-state index in [1.165, 1.54) is 11.1 Å². The summed E-state index contributed by atoms with van der Waals surface area (Å²) in [5, 5.41) is 3.44. The fraction of sp³-hybridized carbons (Fsp3) is 0.250. The van der Waals surface area contributed by atoms with Gasteiger partial charge in [0, 0.05) is 0 Å². The van der Waals surface area contributed by atoms with Gasteiger partial charge in [0.25, 0.3) is 0 Å². The summed E-state index contributed by atoms with van der Waals surface area (Å²) in [6.45, 7) is 10.0. The van der Waals surface area contributed by atoms with Crippen molar-refractivity contribution in [3.8, 4) is 0 Å². The van der Waals surface area contributed by atoms with E-state index in [1.54, 1.807) is 50.3 Å². The van der Waals surface area contributed by atoms with Crippen LogP contribution in [0.3, 0.4) is 0 Å². The molecular formula is C32H32SiZr. The van der Waals surface area contributed by atoms with E-state index in [-0.39, 0.29) is 0 Å². The van der Waals surface area contributed by atoms with Crippen molar-refractivity contribution in [3.05, 3.63) is 117 Å². The van der Waals surface area contributed by atoms with Crippen molar-refractivity contribution >= 4 is 25.0 Å². The normalized spacial score (nSPS) is 25.7. The molecular weight excluding hydrogens is 504 g/mol. The average Bonchev–Trinajstić information content (AvgIpc) is 3.31. The Labute approximate surface area is 209 Å². The number of fused-ring (bicyclic) bond motifs is 4. The molecule has 2 heteroatoms. The molecule has 0 aromatic heterocycles. The summed E-state index contributed by atoms with van der Waals surface area (Å²) in [4.78, 5) is 0. The molecule has 0 fully saturated rings. The predicted molar refractivity (Wildman–Crippen MR) is 147 cm³/mol. The van der Waals surface area contributed by atoms with E-state index in [0.29, 0.717) is 11.8 Å². The molecule has 0 nitrogen and oxygen atoms in total. The van der Waals surface area contributed by atoms with Gasteiger partial charge in [0.05, 0.1) is 0 Å². The number of aryl methyl sites for hydroxylation is 2. The second-order valence-electron chi connectivity index (χ2n) is 11.8. The van der Waals surface area contributed by atoms with E-state index < -0.39 is 28.3 Å². The summed E-state index contributed by atoms with van der Waals surface area (Å²) in [5.41, 5.74) is 12.7. The van der Waals surface area contributed by atoms with Gasteiger partial charge in [-0.05, 0) is 0 Å². The van der Waals surface area contributed by atoms with Crippen LogP contribution < -0.4 is 10.4 Å². The van der Waals surface area contributed by atoms with Crippen molar-refractivity contribution in [1.29, 1.82) is 0 Å². The first kappa shape index (κ1) is 21.3. The molecule has 0 amide bonds. The number of benzene rings is 2. The van der Waals surface area contributed by atoms with E-state index in [0.717, 1.165) is 0 Å². The second kappa shape index (κ2) is 6.80. The van der Waals surface area contributed by atoms with Gasteiger partial charge >= 0.3 is 211 Å². The Hall–Kier alpha value is -2.02. The minimum atomic E-state index is -3.05. The van der Waals surface area contributed by atoms with Crippen LogP contribution in [0, 0.1) is 13.8 Å². The molecule has 34 heavy (non-hydrogen) atoms. The molecule has 7 rings (SSSR count). The Morgan fingerprint density at radius 2 is 1.09 bits per heavy atom. The molecule has 0 saturated heterocycles. The quantitative estimate of drug-likeness (QED) is 0.312. The first-order valence-corrected chi connectivity index (χ1v) is 23.1. The third-order valence-electron chi connectivity index (χ3n) is 9.19. The van der Waals surface area contributed by atoms with E-state index in [1.807, 2.05) is 0 Å². The molecule has 0 spiro atoms. The van der Waals surface area contributed by atoms with Crippen LogP contribution in [0.2, 0.25) is 22.4 Å². The van der Waals surface area contributed by atoms with Crippen LogP contribution in [0.15, 0.2) is 84.0 Å². The Kier molecular flexibility index (Phi) is 4.26. The van der Waals surface area contributed by atoms with Gasteiger partial charge in [-0.1, -0.05) is 0 Å². The SMILES string of the molecule is Cc1ccc2c3c1[Si](C)(C)c1c(C)ccc4c1[C](=C1C=CC=CC14)[Zr]([CH3])([CH3])[C]3=C1C=CC=CC12. The molecule has 4 aliphatic carbocycles. The summed E-state index contributed by atoms with van der Waals surface area (Å²) in [5.74, 6) is 0.864. The van der Waals surface area contributed by atoms with Crippen LogP contribution in [-0.2, 0) is 20.3 Å². The summed E-state index contributed by atoms with van der Waals surface area (Å²) >= 11 is -3.05. The average molecular weight is 536 g/mol. The fourth-order valence-corrected chi connectivity index (χ4v) is 22.6. The molecule has 1 heterocycles. The van der Waals surface area contributed by atoms with Gasteiger partial charge in [-0.15, -0.1) is 0 Å².